The molecule has 0 aliphatic rings. The van der Waals surface area contributed by atoms with Gasteiger partial charge in [-0.2, -0.15) is 0 Å². The van der Waals surface area contributed by atoms with Crippen LogP contribution in [0.1, 0.15) is 27.2 Å². The summed E-state index contributed by atoms with van der Waals surface area (Å²) in [5, 5.41) is 3.02. The van der Waals surface area contributed by atoms with Crippen molar-refractivity contribution in [2.45, 2.75) is 33.2 Å². The minimum Gasteiger partial charge on any atom is -0.343 e. The van der Waals surface area contributed by atoms with Crippen molar-refractivity contribution in [2.75, 3.05) is 0 Å². The number of nitrogens with one attached hydrogen (secondary N) is 1. The van der Waals surface area contributed by atoms with E-state index in [2.05, 4.69) is 31.1 Å². The van der Waals surface area contributed by atoms with Gasteiger partial charge in [0.2, 0.25) is 0 Å². The van der Waals surface area contributed by atoms with E-state index in [1.165, 1.54) is 0 Å². The van der Waals surface area contributed by atoms with Crippen LogP contribution in [0.2, 0.25) is 0 Å². The summed E-state index contributed by atoms with van der Waals surface area (Å²) < 4.78 is 0. The average Bonchev–Trinajstić information content (AvgIpc) is 1.83. The van der Waals surface area contributed by atoms with Crippen molar-refractivity contribution in [3.63, 3.8) is 0 Å². The van der Waals surface area contributed by atoms with E-state index in [4.69, 9.17) is 0 Å². The molecule has 0 saturated heterocycles. The average molecular weight is 111 g/mol. The number of hydrogen-bond acceptors (Lipinski definition) is 1. The van der Waals surface area contributed by atoms with Gasteiger partial charge in [0.25, 0.3) is 0 Å². The van der Waals surface area contributed by atoms with E-state index in [0.717, 1.165) is 6.42 Å². The minimum atomic E-state index is 0.530. The molecule has 0 unspecified atom stereocenters. The molecule has 0 aromatic rings. The zero-order valence-electron chi connectivity index (χ0n) is 5.78. The van der Waals surface area contributed by atoms with Crippen molar-refractivity contribution in [2.24, 2.45) is 0 Å². The van der Waals surface area contributed by atoms with Gasteiger partial charge in [-0.3, -0.25) is 0 Å². The zero-order chi connectivity index (χ0) is 6.41. The molecule has 1 nitrogen and oxygen atoms in total. The SMILES string of the molecule is CC#CN[C@H](C)CC. The first kappa shape index (κ1) is 7.36. The van der Waals surface area contributed by atoms with Crippen molar-refractivity contribution < 1.29 is 0 Å². The lowest BCUT2D eigenvalue weighted by Gasteiger charge is -2.03. The van der Waals surface area contributed by atoms with Gasteiger partial charge in [-0.05, 0) is 20.3 Å². The first-order valence-corrected chi connectivity index (χ1v) is 2.98. The van der Waals surface area contributed by atoms with Gasteiger partial charge in [0, 0.05) is 12.1 Å². The van der Waals surface area contributed by atoms with Crippen LogP contribution in [0.25, 0.3) is 0 Å². The van der Waals surface area contributed by atoms with Crippen molar-refractivity contribution in [3.8, 4) is 12.0 Å². The summed E-state index contributed by atoms with van der Waals surface area (Å²) in [7, 11) is 0. The topological polar surface area (TPSA) is 12.0 Å². The molecule has 0 amide bonds. The summed E-state index contributed by atoms with van der Waals surface area (Å²) in [6.45, 7) is 6.08. The molecule has 8 heavy (non-hydrogen) atoms. The molecule has 1 heteroatoms. The first-order valence-electron chi connectivity index (χ1n) is 2.98. The molecular weight excluding hydrogens is 98.1 g/mol. The third kappa shape index (κ3) is 3.55. The highest BCUT2D eigenvalue weighted by atomic mass is 14.9. The first-order chi connectivity index (χ1) is 3.81. The summed E-state index contributed by atoms with van der Waals surface area (Å²) in [5.41, 5.74) is 0. The van der Waals surface area contributed by atoms with E-state index in [-0.39, 0.29) is 0 Å². The Bertz CT molecular complexity index is 96.7. The van der Waals surface area contributed by atoms with Gasteiger partial charge in [0.15, 0.2) is 0 Å². The fraction of sp³-hybridized carbons (Fsp3) is 0.714. The smallest absolute Gasteiger partial charge is 0.0309 e. The predicted molar refractivity (Wildman–Crippen MR) is 36.3 cm³/mol. The van der Waals surface area contributed by atoms with E-state index in [1.807, 2.05) is 6.92 Å². The molecule has 0 aliphatic heterocycles. The fourth-order valence-electron chi connectivity index (χ4n) is 0.297. The van der Waals surface area contributed by atoms with E-state index < -0.39 is 0 Å². The third-order valence-electron chi connectivity index (χ3n) is 1.06. The van der Waals surface area contributed by atoms with Crippen molar-refractivity contribution in [1.82, 2.24) is 5.32 Å². The van der Waals surface area contributed by atoms with Crippen LogP contribution < -0.4 is 5.32 Å². The second-order valence-electron chi connectivity index (χ2n) is 1.83. The summed E-state index contributed by atoms with van der Waals surface area (Å²) in [5.74, 6) is 2.77. The highest BCUT2D eigenvalue weighted by Crippen LogP contribution is 1.83. The summed E-state index contributed by atoms with van der Waals surface area (Å²) in [4.78, 5) is 0. The third-order valence-corrected chi connectivity index (χ3v) is 1.06. The maximum absolute atomic E-state index is 3.02. The standard InChI is InChI=1S/C7H13N/c1-4-6-8-7(3)5-2/h7-8H,5H2,1-3H3/t7-/m1/s1. The van der Waals surface area contributed by atoms with E-state index in [0.29, 0.717) is 6.04 Å². The van der Waals surface area contributed by atoms with Crippen LogP contribution in [0.15, 0.2) is 0 Å². The van der Waals surface area contributed by atoms with Crippen molar-refractivity contribution in [3.05, 3.63) is 0 Å². The highest BCUT2D eigenvalue weighted by Gasteiger charge is 1.88. The Morgan fingerprint density at radius 2 is 2.25 bits per heavy atom. The minimum absolute atomic E-state index is 0.530. The molecule has 0 spiro atoms. The molecular formula is C7H13N. The van der Waals surface area contributed by atoms with Crippen LogP contribution >= 0.6 is 0 Å². The lowest BCUT2D eigenvalue weighted by molar-refractivity contribution is 0.632. The van der Waals surface area contributed by atoms with Crippen LogP contribution in [-0.4, -0.2) is 6.04 Å². The van der Waals surface area contributed by atoms with Crippen LogP contribution in [0.3, 0.4) is 0 Å². The van der Waals surface area contributed by atoms with Gasteiger partial charge in [-0.25, -0.2) is 0 Å². The summed E-state index contributed by atoms with van der Waals surface area (Å²) >= 11 is 0. The predicted octanol–water partition coefficient (Wildman–Crippen LogP) is 1.36. The maximum atomic E-state index is 3.02. The van der Waals surface area contributed by atoms with Crippen LogP contribution in [0, 0.1) is 12.0 Å². The molecule has 46 valence electrons. The molecule has 0 aromatic heterocycles. The lowest BCUT2D eigenvalue weighted by Crippen LogP contribution is -2.18. The molecule has 0 fully saturated rings. The molecule has 0 aromatic carbocycles. The second kappa shape index (κ2) is 4.52. The van der Waals surface area contributed by atoms with Gasteiger partial charge in [0.05, 0.1) is 0 Å². The Kier molecular flexibility index (Phi) is 4.16. The normalized spacial score (nSPS) is 11.4. The molecule has 0 heterocycles. The number of hydrogen-bond donors (Lipinski definition) is 1. The largest absolute Gasteiger partial charge is 0.343 e. The molecule has 0 radical (unpaired) electrons. The lowest BCUT2D eigenvalue weighted by atomic mass is 10.3. The molecule has 0 saturated carbocycles. The number of rotatable bonds is 2. The highest BCUT2D eigenvalue weighted by molar-refractivity contribution is 4.93. The van der Waals surface area contributed by atoms with Crippen LogP contribution in [-0.2, 0) is 0 Å². The summed E-state index contributed by atoms with van der Waals surface area (Å²) in [6, 6.07) is 3.33. The quantitative estimate of drug-likeness (QED) is 0.419. The Morgan fingerprint density at radius 1 is 1.62 bits per heavy atom. The molecule has 0 aliphatic carbocycles. The van der Waals surface area contributed by atoms with E-state index in [1.54, 1.807) is 0 Å². The second-order valence-corrected chi connectivity index (χ2v) is 1.83. The molecule has 1 atom stereocenters. The zero-order valence-corrected chi connectivity index (χ0v) is 5.78. The van der Waals surface area contributed by atoms with Crippen molar-refractivity contribution in [1.29, 1.82) is 0 Å². The van der Waals surface area contributed by atoms with E-state index >= 15 is 0 Å². The maximum Gasteiger partial charge on any atom is 0.0309 e. The van der Waals surface area contributed by atoms with Crippen LogP contribution in [0.5, 0.6) is 0 Å². The molecule has 0 rings (SSSR count). The fourth-order valence-corrected chi connectivity index (χ4v) is 0.297. The van der Waals surface area contributed by atoms with Gasteiger partial charge >= 0.3 is 0 Å². The van der Waals surface area contributed by atoms with Gasteiger partial charge < -0.3 is 5.32 Å². The monoisotopic (exact) mass is 111 g/mol. The van der Waals surface area contributed by atoms with Gasteiger partial charge in [-0.1, -0.05) is 12.8 Å². The summed E-state index contributed by atoms with van der Waals surface area (Å²) in [6.07, 6.45) is 1.13. The van der Waals surface area contributed by atoms with E-state index in [9.17, 15) is 0 Å². The Morgan fingerprint density at radius 3 is 2.62 bits per heavy atom. The Labute approximate surface area is 51.5 Å². The molecule has 1 N–H and O–H groups in total. The molecule has 0 bridgehead atoms. The Hall–Kier alpha value is -0.640. The Balaban J connectivity index is 3.19. The van der Waals surface area contributed by atoms with Crippen molar-refractivity contribution >= 4 is 0 Å². The van der Waals surface area contributed by atoms with Gasteiger partial charge in [0.1, 0.15) is 0 Å². The van der Waals surface area contributed by atoms with Crippen LogP contribution in [0.4, 0.5) is 0 Å². The van der Waals surface area contributed by atoms with Gasteiger partial charge in [-0.15, -0.1) is 0 Å².